The van der Waals surface area contributed by atoms with Crippen LogP contribution in [0.5, 0.6) is 5.75 Å². The molecule has 0 unspecified atom stereocenters. The molecular weight excluding hydrogens is 332 g/mol. The van der Waals surface area contributed by atoms with Crippen LogP contribution in [0.1, 0.15) is 17.3 Å². The highest BCUT2D eigenvalue weighted by molar-refractivity contribution is 5.98. The van der Waals surface area contributed by atoms with Crippen LogP contribution in [0.15, 0.2) is 54.6 Å². The lowest BCUT2D eigenvalue weighted by atomic mass is 10.2. The van der Waals surface area contributed by atoms with Gasteiger partial charge in [-0.1, -0.05) is 30.3 Å². The Morgan fingerprint density at radius 3 is 1.92 bits per heavy atom. The predicted molar refractivity (Wildman–Crippen MR) is 75.6 cm³/mol. The summed E-state index contributed by atoms with van der Waals surface area (Å²) in [5.41, 5.74) is -0.472. The smallest absolute Gasteiger partial charge is 0.405 e. The number of benzene rings is 2. The summed E-state index contributed by atoms with van der Waals surface area (Å²) >= 11 is 0. The van der Waals surface area contributed by atoms with E-state index in [-0.39, 0.29) is 5.82 Å². The molecule has 0 N–H and O–H groups in total. The van der Waals surface area contributed by atoms with Gasteiger partial charge >= 0.3 is 18.3 Å². The molecule has 0 atom stereocenters. The van der Waals surface area contributed by atoms with E-state index in [0.29, 0.717) is 0 Å². The molecular formula is C16H12F4O4. The van der Waals surface area contributed by atoms with Crippen molar-refractivity contribution in [2.45, 2.75) is 13.3 Å². The lowest BCUT2D eigenvalue weighted by molar-refractivity contribution is -0.274. The molecule has 0 aliphatic heterocycles. The van der Waals surface area contributed by atoms with Crippen LogP contribution < -0.4 is 4.74 Å². The third-order valence-corrected chi connectivity index (χ3v) is 2.30. The summed E-state index contributed by atoms with van der Waals surface area (Å²) in [6.45, 7) is 0.963. The van der Waals surface area contributed by atoms with Crippen LogP contribution in [0.25, 0.3) is 0 Å². The molecule has 2 rings (SSSR count). The van der Waals surface area contributed by atoms with E-state index in [0.717, 1.165) is 19.1 Å². The van der Waals surface area contributed by atoms with Crippen molar-refractivity contribution < 1.29 is 36.6 Å². The highest BCUT2D eigenvalue weighted by Gasteiger charge is 2.33. The zero-order chi connectivity index (χ0) is 18.2. The molecule has 0 spiro atoms. The molecule has 0 heterocycles. The first-order chi connectivity index (χ1) is 11.2. The Kier molecular flexibility index (Phi) is 6.91. The second-order valence-electron chi connectivity index (χ2n) is 4.22. The van der Waals surface area contributed by atoms with Gasteiger partial charge in [0.25, 0.3) is 0 Å². The Balaban J connectivity index is 0.000000341. The molecule has 0 saturated carbocycles. The molecule has 0 fully saturated rings. The summed E-state index contributed by atoms with van der Waals surface area (Å²) < 4.78 is 55.7. The first kappa shape index (κ1) is 19.1. The number of hydrogen-bond acceptors (Lipinski definition) is 4. The third kappa shape index (κ3) is 7.39. The van der Waals surface area contributed by atoms with Crippen molar-refractivity contribution in [2.75, 3.05) is 0 Å². The summed E-state index contributed by atoms with van der Waals surface area (Å²) in [4.78, 5) is 21.8. The van der Waals surface area contributed by atoms with E-state index >= 15 is 0 Å². The highest BCUT2D eigenvalue weighted by atomic mass is 19.4. The maximum absolute atomic E-state index is 12.0. The molecule has 4 nitrogen and oxygen atoms in total. The summed E-state index contributed by atoms with van der Waals surface area (Å²) in [5, 5.41) is 0. The van der Waals surface area contributed by atoms with Gasteiger partial charge in [-0.15, -0.1) is 13.2 Å². The topological polar surface area (TPSA) is 52.6 Å². The molecule has 24 heavy (non-hydrogen) atoms. The molecule has 0 aliphatic carbocycles. The van der Waals surface area contributed by atoms with Gasteiger partial charge in [0.15, 0.2) is 0 Å². The van der Waals surface area contributed by atoms with Crippen LogP contribution >= 0.6 is 0 Å². The number of halogens is 4. The van der Waals surface area contributed by atoms with E-state index in [2.05, 4.69) is 9.47 Å². The first-order valence-corrected chi connectivity index (χ1v) is 6.47. The molecule has 2 aromatic rings. The van der Waals surface area contributed by atoms with Gasteiger partial charge < -0.3 is 9.47 Å². The van der Waals surface area contributed by atoms with Gasteiger partial charge in [-0.2, -0.15) is 0 Å². The number of ether oxygens (including phenoxy) is 2. The number of carbonyl (C=O) groups is 2. The fraction of sp³-hybridized carbons (Fsp3) is 0.125. The van der Waals surface area contributed by atoms with E-state index in [4.69, 9.17) is 0 Å². The van der Waals surface area contributed by atoms with E-state index < -0.39 is 29.6 Å². The lowest BCUT2D eigenvalue weighted by Gasteiger charge is -2.11. The minimum atomic E-state index is -4.92. The monoisotopic (exact) mass is 344 g/mol. The summed E-state index contributed by atoms with van der Waals surface area (Å²) in [5.74, 6) is -3.01. The van der Waals surface area contributed by atoms with Crippen molar-refractivity contribution >= 4 is 11.9 Å². The molecule has 0 aromatic heterocycles. The van der Waals surface area contributed by atoms with Crippen molar-refractivity contribution in [1.82, 2.24) is 0 Å². The standard InChI is InChI=1S/C10H7F3O4.C6H5F/c1-6(14)16-9(15)7-4-2-3-5-8(7)17-10(11,12)13;7-6-4-2-1-3-5-6/h2-5H,1H3;1-5H. The minimum Gasteiger partial charge on any atom is -0.405 e. The van der Waals surface area contributed by atoms with Crippen LogP contribution in [0, 0.1) is 5.82 Å². The van der Waals surface area contributed by atoms with Crippen molar-refractivity contribution in [3.8, 4) is 5.75 Å². The Morgan fingerprint density at radius 2 is 1.46 bits per heavy atom. The van der Waals surface area contributed by atoms with E-state index in [1.807, 2.05) is 0 Å². The summed E-state index contributed by atoms with van der Waals surface area (Å²) in [6, 6.07) is 12.5. The van der Waals surface area contributed by atoms with Gasteiger partial charge in [-0.3, -0.25) is 4.79 Å². The Labute approximate surface area is 134 Å². The number of hydrogen-bond donors (Lipinski definition) is 0. The molecule has 0 aliphatic rings. The van der Waals surface area contributed by atoms with Crippen molar-refractivity contribution in [1.29, 1.82) is 0 Å². The largest absolute Gasteiger partial charge is 0.573 e. The third-order valence-electron chi connectivity index (χ3n) is 2.30. The van der Waals surface area contributed by atoms with Gasteiger partial charge in [-0.05, 0) is 24.3 Å². The van der Waals surface area contributed by atoms with Crippen molar-refractivity contribution in [3.63, 3.8) is 0 Å². The normalized spacial score (nSPS) is 10.2. The number of carbonyl (C=O) groups excluding carboxylic acids is 2. The second kappa shape index (κ2) is 8.66. The predicted octanol–water partition coefficient (Wildman–Crippen LogP) is 4.11. The minimum absolute atomic E-state index is 0.178. The van der Waals surface area contributed by atoms with Gasteiger partial charge in [0.2, 0.25) is 0 Å². The zero-order valence-corrected chi connectivity index (χ0v) is 12.3. The Morgan fingerprint density at radius 1 is 0.917 bits per heavy atom. The molecule has 2 aromatic carbocycles. The van der Waals surface area contributed by atoms with Crippen LogP contribution in [0.4, 0.5) is 17.6 Å². The van der Waals surface area contributed by atoms with Crippen molar-refractivity contribution in [2.24, 2.45) is 0 Å². The van der Waals surface area contributed by atoms with Gasteiger partial charge in [-0.25, -0.2) is 9.18 Å². The average Bonchev–Trinajstić information content (AvgIpc) is 2.47. The summed E-state index contributed by atoms with van der Waals surface area (Å²) in [6.07, 6.45) is -4.92. The summed E-state index contributed by atoms with van der Waals surface area (Å²) in [7, 11) is 0. The zero-order valence-electron chi connectivity index (χ0n) is 12.3. The number of esters is 2. The fourth-order valence-electron chi connectivity index (χ4n) is 1.45. The second-order valence-corrected chi connectivity index (χ2v) is 4.22. The molecule has 0 amide bonds. The molecule has 8 heteroatoms. The SMILES string of the molecule is CC(=O)OC(=O)c1ccccc1OC(F)(F)F.Fc1ccccc1. The van der Waals surface area contributed by atoms with E-state index in [1.165, 1.54) is 24.3 Å². The van der Waals surface area contributed by atoms with Crippen LogP contribution in [-0.4, -0.2) is 18.3 Å². The molecule has 0 bridgehead atoms. The Bertz CT molecular complexity index is 684. The van der Waals surface area contributed by atoms with Crippen LogP contribution in [-0.2, 0) is 9.53 Å². The number of alkyl halides is 3. The van der Waals surface area contributed by atoms with Gasteiger partial charge in [0.05, 0.1) is 0 Å². The van der Waals surface area contributed by atoms with Gasteiger partial charge in [0.1, 0.15) is 17.1 Å². The van der Waals surface area contributed by atoms with E-state index in [1.54, 1.807) is 18.2 Å². The molecule has 0 saturated heterocycles. The van der Waals surface area contributed by atoms with Gasteiger partial charge in [0, 0.05) is 6.92 Å². The molecule has 0 radical (unpaired) electrons. The Hall–Kier alpha value is -2.90. The number of para-hydroxylation sites is 1. The first-order valence-electron chi connectivity index (χ1n) is 6.47. The van der Waals surface area contributed by atoms with Crippen LogP contribution in [0.3, 0.4) is 0 Å². The highest BCUT2D eigenvalue weighted by Crippen LogP contribution is 2.26. The lowest BCUT2D eigenvalue weighted by Crippen LogP contribution is -2.20. The average molecular weight is 344 g/mol. The van der Waals surface area contributed by atoms with Crippen LogP contribution in [0.2, 0.25) is 0 Å². The fourth-order valence-corrected chi connectivity index (χ4v) is 1.45. The van der Waals surface area contributed by atoms with Crippen molar-refractivity contribution in [3.05, 3.63) is 66.0 Å². The molecule has 128 valence electrons. The maximum atomic E-state index is 12.0. The number of rotatable bonds is 2. The van der Waals surface area contributed by atoms with E-state index in [9.17, 15) is 27.2 Å². The maximum Gasteiger partial charge on any atom is 0.573 e. The quantitative estimate of drug-likeness (QED) is 0.467.